The number of amides is 1. The Labute approximate surface area is 124 Å². The Hall–Kier alpha value is -1.91. The van der Waals surface area contributed by atoms with Gasteiger partial charge in [-0.2, -0.15) is 0 Å². The SMILES string of the molecule is COCCN(CCO)C(=O)Cc1cccc2ccccc12. The van der Waals surface area contributed by atoms with E-state index in [2.05, 4.69) is 0 Å². The molecule has 0 aromatic heterocycles. The van der Waals surface area contributed by atoms with Gasteiger partial charge in [0, 0.05) is 20.2 Å². The second-order valence-corrected chi connectivity index (χ2v) is 4.91. The summed E-state index contributed by atoms with van der Waals surface area (Å²) in [6.45, 7) is 1.28. The van der Waals surface area contributed by atoms with Crippen LogP contribution in [0.1, 0.15) is 5.56 Å². The van der Waals surface area contributed by atoms with E-state index < -0.39 is 0 Å². The Balaban J connectivity index is 2.16. The maximum absolute atomic E-state index is 12.4. The minimum atomic E-state index is -0.0367. The number of nitrogens with zero attached hydrogens (tertiary/aromatic N) is 1. The van der Waals surface area contributed by atoms with Crippen LogP contribution >= 0.6 is 0 Å². The van der Waals surface area contributed by atoms with Crippen LogP contribution in [0.25, 0.3) is 10.8 Å². The van der Waals surface area contributed by atoms with Gasteiger partial charge in [-0.3, -0.25) is 4.79 Å². The number of hydrogen-bond donors (Lipinski definition) is 1. The molecule has 1 N–H and O–H groups in total. The number of methoxy groups -OCH3 is 1. The van der Waals surface area contributed by atoms with Crippen molar-refractivity contribution in [1.29, 1.82) is 0 Å². The fraction of sp³-hybridized carbons (Fsp3) is 0.353. The smallest absolute Gasteiger partial charge is 0.227 e. The Morgan fingerprint density at radius 2 is 1.90 bits per heavy atom. The summed E-state index contributed by atoms with van der Waals surface area (Å²) in [5, 5.41) is 11.3. The largest absolute Gasteiger partial charge is 0.395 e. The van der Waals surface area contributed by atoms with E-state index >= 15 is 0 Å². The van der Waals surface area contributed by atoms with E-state index in [0.717, 1.165) is 16.3 Å². The van der Waals surface area contributed by atoms with Crippen molar-refractivity contribution in [2.45, 2.75) is 6.42 Å². The fourth-order valence-electron chi connectivity index (χ4n) is 2.40. The first-order chi connectivity index (χ1) is 10.3. The van der Waals surface area contributed by atoms with Gasteiger partial charge in [-0.1, -0.05) is 42.5 Å². The van der Waals surface area contributed by atoms with Crippen molar-refractivity contribution in [2.75, 3.05) is 33.4 Å². The second-order valence-electron chi connectivity index (χ2n) is 4.91. The molecule has 0 aliphatic carbocycles. The molecule has 2 aromatic carbocycles. The molecule has 112 valence electrons. The van der Waals surface area contributed by atoms with Gasteiger partial charge in [0.1, 0.15) is 0 Å². The molecule has 0 atom stereocenters. The average Bonchev–Trinajstić information content (AvgIpc) is 2.51. The van der Waals surface area contributed by atoms with Crippen molar-refractivity contribution >= 4 is 16.7 Å². The Morgan fingerprint density at radius 3 is 2.67 bits per heavy atom. The maximum atomic E-state index is 12.4. The number of carbonyl (C=O) groups excluding carboxylic acids is 1. The fourth-order valence-corrected chi connectivity index (χ4v) is 2.40. The molecular weight excluding hydrogens is 266 g/mol. The van der Waals surface area contributed by atoms with Crippen LogP contribution in [0.5, 0.6) is 0 Å². The van der Waals surface area contributed by atoms with Crippen LogP contribution in [-0.2, 0) is 16.0 Å². The van der Waals surface area contributed by atoms with Crippen LogP contribution in [0, 0.1) is 0 Å². The summed E-state index contributed by atoms with van der Waals surface area (Å²) in [5.41, 5.74) is 1.01. The van der Waals surface area contributed by atoms with E-state index in [1.165, 1.54) is 0 Å². The standard InChI is InChI=1S/C17H21NO3/c1-21-12-10-18(9-11-19)17(20)13-15-7-4-6-14-5-2-3-8-16(14)15/h2-8,19H,9-13H2,1H3. The first-order valence-corrected chi connectivity index (χ1v) is 7.10. The molecule has 0 unspecified atom stereocenters. The third-order valence-corrected chi connectivity index (χ3v) is 3.51. The summed E-state index contributed by atoms with van der Waals surface area (Å²) in [7, 11) is 1.60. The summed E-state index contributed by atoms with van der Waals surface area (Å²) in [6, 6.07) is 14.0. The summed E-state index contributed by atoms with van der Waals surface area (Å²) in [5.74, 6) is 0.0115. The summed E-state index contributed by atoms with van der Waals surface area (Å²) in [6.07, 6.45) is 0.338. The van der Waals surface area contributed by atoms with E-state index in [1.54, 1.807) is 12.0 Å². The lowest BCUT2D eigenvalue weighted by Crippen LogP contribution is -2.37. The number of rotatable bonds is 7. The predicted octanol–water partition coefficient (Wildman–Crippen LogP) is 1.85. The Bertz CT molecular complexity index is 592. The molecule has 0 spiro atoms. The van der Waals surface area contributed by atoms with Gasteiger partial charge in [0.05, 0.1) is 19.6 Å². The lowest BCUT2D eigenvalue weighted by Gasteiger charge is -2.21. The van der Waals surface area contributed by atoms with Gasteiger partial charge < -0.3 is 14.7 Å². The third kappa shape index (κ3) is 4.03. The molecular formula is C17H21NO3. The molecule has 0 bridgehead atoms. The topological polar surface area (TPSA) is 49.8 Å². The zero-order chi connectivity index (χ0) is 15.1. The molecule has 0 aliphatic rings. The Morgan fingerprint density at radius 1 is 1.14 bits per heavy atom. The van der Waals surface area contributed by atoms with Gasteiger partial charge >= 0.3 is 0 Å². The van der Waals surface area contributed by atoms with Crippen molar-refractivity contribution in [1.82, 2.24) is 4.90 Å². The molecule has 21 heavy (non-hydrogen) atoms. The van der Waals surface area contributed by atoms with Crippen molar-refractivity contribution in [3.05, 3.63) is 48.0 Å². The molecule has 0 saturated heterocycles. The monoisotopic (exact) mass is 287 g/mol. The van der Waals surface area contributed by atoms with Gasteiger partial charge in [0.15, 0.2) is 0 Å². The van der Waals surface area contributed by atoms with Crippen molar-refractivity contribution < 1.29 is 14.6 Å². The Kier molecular flexibility index (Phi) is 5.72. The minimum absolute atomic E-state index is 0.0115. The molecule has 0 aliphatic heterocycles. The molecule has 0 radical (unpaired) electrons. The van der Waals surface area contributed by atoms with Crippen molar-refractivity contribution in [3.63, 3.8) is 0 Å². The van der Waals surface area contributed by atoms with Crippen LogP contribution in [0.4, 0.5) is 0 Å². The average molecular weight is 287 g/mol. The zero-order valence-corrected chi connectivity index (χ0v) is 12.3. The second kappa shape index (κ2) is 7.76. The van der Waals surface area contributed by atoms with Gasteiger partial charge in [0.25, 0.3) is 0 Å². The van der Waals surface area contributed by atoms with Crippen molar-refractivity contribution in [3.8, 4) is 0 Å². The molecule has 2 rings (SSSR count). The molecule has 4 heteroatoms. The van der Waals surface area contributed by atoms with E-state index in [4.69, 9.17) is 9.84 Å². The number of carbonyl (C=O) groups is 1. The van der Waals surface area contributed by atoms with E-state index in [9.17, 15) is 4.79 Å². The highest BCUT2D eigenvalue weighted by molar-refractivity contribution is 5.90. The van der Waals surface area contributed by atoms with Gasteiger partial charge in [0.2, 0.25) is 5.91 Å². The van der Waals surface area contributed by atoms with Crippen LogP contribution in [-0.4, -0.2) is 49.3 Å². The van der Waals surface area contributed by atoms with Gasteiger partial charge in [-0.25, -0.2) is 0 Å². The summed E-state index contributed by atoms with van der Waals surface area (Å²) < 4.78 is 5.01. The predicted molar refractivity (Wildman–Crippen MR) is 83.2 cm³/mol. The van der Waals surface area contributed by atoms with E-state index in [0.29, 0.717) is 26.1 Å². The number of ether oxygens (including phenoxy) is 1. The minimum Gasteiger partial charge on any atom is -0.395 e. The third-order valence-electron chi connectivity index (χ3n) is 3.51. The molecule has 0 saturated carbocycles. The summed E-state index contributed by atoms with van der Waals surface area (Å²) >= 11 is 0. The molecule has 2 aromatic rings. The number of fused-ring (bicyclic) bond motifs is 1. The number of hydrogen-bond acceptors (Lipinski definition) is 3. The highest BCUT2D eigenvalue weighted by Gasteiger charge is 2.14. The van der Waals surface area contributed by atoms with Gasteiger partial charge in [-0.15, -0.1) is 0 Å². The molecule has 4 nitrogen and oxygen atoms in total. The number of benzene rings is 2. The van der Waals surface area contributed by atoms with E-state index in [1.807, 2.05) is 42.5 Å². The molecule has 0 heterocycles. The quantitative estimate of drug-likeness (QED) is 0.845. The lowest BCUT2D eigenvalue weighted by atomic mass is 10.0. The zero-order valence-electron chi connectivity index (χ0n) is 12.3. The van der Waals surface area contributed by atoms with Crippen molar-refractivity contribution in [2.24, 2.45) is 0 Å². The summed E-state index contributed by atoms with van der Waals surface area (Å²) in [4.78, 5) is 14.1. The van der Waals surface area contributed by atoms with Crippen LogP contribution in [0.2, 0.25) is 0 Å². The number of aliphatic hydroxyl groups is 1. The van der Waals surface area contributed by atoms with Crippen LogP contribution in [0.15, 0.2) is 42.5 Å². The lowest BCUT2D eigenvalue weighted by molar-refractivity contribution is -0.131. The number of aliphatic hydroxyl groups excluding tert-OH is 1. The highest BCUT2D eigenvalue weighted by Crippen LogP contribution is 2.19. The van der Waals surface area contributed by atoms with Gasteiger partial charge in [-0.05, 0) is 16.3 Å². The molecule has 1 amide bonds. The molecule has 0 fully saturated rings. The maximum Gasteiger partial charge on any atom is 0.227 e. The van der Waals surface area contributed by atoms with Crippen LogP contribution in [0.3, 0.4) is 0 Å². The van der Waals surface area contributed by atoms with Crippen LogP contribution < -0.4 is 0 Å². The normalized spacial score (nSPS) is 10.8. The van der Waals surface area contributed by atoms with E-state index in [-0.39, 0.29) is 12.5 Å². The first-order valence-electron chi connectivity index (χ1n) is 7.10. The highest BCUT2D eigenvalue weighted by atomic mass is 16.5. The first kappa shape index (κ1) is 15.5.